The maximum atomic E-state index is 13.5. The number of amides is 2. The average molecular weight is 509 g/mol. The van der Waals surface area contributed by atoms with E-state index in [1.54, 1.807) is 18.9 Å². The van der Waals surface area contributed by atoms with Gasteiger partial charge in [-0.2, -0.15) is 0 Å². The molecule has 0 fully saturated rings. The molecule has 1 aliphatic heterocycles. The first-order chi connectivity index (χ1) is 17.4. The van der Waals surface area contributed by atoms with E-state index in [-0.39, 0.29) is 12.0 Å². The van der Waals surface area contributed by atoms with Crippen LogP contribution >= 0.6 is 11.3 Å². The lowest BCUT2D eigenvalue weighted by Gasteiger charge is -2.26. The Kier molecular flexibility index (Phi) is 8.00. The number of carbonyl (C=O) groups excluding carboxylic acids is 2. The topological polar surface area (TPSA) is 83.1 Å². The number of anilines is 3. The smallest absolute Gasteiger partial charge is 0.410 e. The molecule has 0 aliphatic carbocycles. The second kappa shape index (κ2) is 11.3. The van der Waals surface area contributed by atoms with Crippen LogP contribution in [0.3, 0.4) is 0 Å². The van der Waals surface area contributed by atoms with Crippen molar-refractivity contribution in [3.63, 3.8) is 0 Å². The number of benzene rings is 2. The van der Waals surface area contributed by atoms with Gasteiger partial charge in [-0.05, 0) is 60.9 Å². The van der Waals surface area contributed by atoms with Gasteiger partial charge in [0.2, 0.25) is 0 Å². The molecule has 0 radical (unpaired) electrons. The standard InChI is InChI=1S/C27H32N4O4S/c1-5-35-27(33)31-15-14-22-23(17-31)36-26(28-16-18-6-10-20(11-7-18)30(2)3)24(22)25(32)29-19-8-12-21(34-4)13-9-19/h6-13,28H,5,14-17H2,1-4H3,(H,29,32). The SMILES string of the molecule is CCOC(=O)N1CCc2c(sc(NCc3ccc(N(C)C)cc3)c2C(=O)Nc2ccc(OC)cc2)C1. The third kappa shape index (κ3) is 5.73. The van der Waals surface area contributed by atoms with Crippen LogP contribution in [-0.2, 0) is 24.2 Å². The Morgan fingerprint density at radius 1 is 1.08 bits per heavy atom. The number of hydrogen-bond acceptors (Lipinski definition) is 7. The van der Waals surface area contributed by atoms with Crippen molar-refractivity contribution in [2.24, 2.45) is 0 Å². The fraction of sp³-hybridized carbons (Fsp3) is 0.333. The quantitative estimate of drug-likeness (QED) is 0.435. The van der Waals surface area contributed by atoms with E-state index in [9.17, 15) is 9.59 Å². The minimum atomic E-state index is -0.323. The van der Waals surface area contributed by atoms with Crippen LogP contribution in [-0.4, -0.2) is 51.3 Å². The lowest BCUT2D eigenvalue weighted by molar-refractivity contribution is 0.102. The van der Waals surface area contributed by atoms with E-state index in [1.165, 1.54) is 11.3 Å². The minimum Gasteiger partial charge on any atom is -0.497 e. The van der Waals surface area contributed by atoms with Gasteiger partial charge in [-0.1, -0.05) is 12.1 Å². The number of ether oxygens (including phenoxy) is 2. The lowest BCUT2D eigenvalue weighted by Crippen LogP contribution is -2.36. The number of nitrogens with zero attached hydrogens (tertiary/aromatic N) is 2. The van der Waals surface area contributed by atoms with Crippen LogP contribution in [0.1, 0.15) is 33.3 Å². The van der Waals surface area contributed by atoms with Crippen molar-refractivity contribution in [2.75, 3.05) is 49.9 Å². The van der Waals surface area contributed by atoms with E-state index in [4.69, 9.17) is 9.47 Å². The zero-order chi connectivity index (χ0) is 25.7. The molecule has 9 heteroatoms. The van der Waals surface area contributed by atoms with Crippen molar-refractivity contribution < 1.29 is 19.1 Å². The Labute approximate surface area is 215 Å². The molecule has 3 aromatic rings. The maximum Gasteiger partial charge on any atom is 0.410 e. The molecule has 1 aromatic heterocycles. The summed E-state index contributed by atoms with van der Waals surface area (Å²) in [6.07, 6.45) is 0.270. The molecule has 1 aliphatic rings. The Hall–Kier alpha value is -3.72. The number of fused-ring (bicyclic) bond motifs is 1. The molecule has 2 N–H and O–H groups in total. The highest BCUT2D eigenvalue weighted by atomic mass is 32.1. The van der Waals surface area contributed by atoms with Crippen molar-refractivity contribution >= 4 is 39.7 Å². The van der Waals surface area contributed by atoms with Gasteiger partial charge in [0.25, 0.3) is 5.91 Å². The Morgan fingerprint density at radius 2 is 1.81 bits per heavy atom. The highest BCUT2D eigenvalue weighted by molar-refractivity contribution is 7.16. The molecular weight excluding hydrogens is 476 g/mol. The third-order valence-corrected chi connectivity index (χ3v) is 7.24. The summed E-state index contributed by atoms with van der Waals surface area (Å²) in [6.45, 7) is 3.66. The average Bonchev–Trinajstić information content (AvgIpc) is 3.26. The van der Waals surface area contributed by atoms with Crippen LogP contribution in [0.2, 0.25) is 0 Å². The summed E-state index contributed by atoms with van der Waals surface area (Å²) < 4.78 is 10.4. The molecule has 0 spiro atoms. The van der Waals surface area contributed by atoms with E-state index in [0.29, 0.717) is 43.9 Å². The molecule has 0 saturated heterocycles. The summed E-state index contributed by atoms with van der Waals surface area (Å²) in [5, 5.41) is 7.30. The van der Waals surface area contributed by atoms with Crippen LogP contribution in [0.5, 0.6) is 5.75 Å². The summed E-state index contributed by atoms with van der Waals surface area (Å²) >= 11 is 1.52. The zero-order valence-corrected chi connectivity index (χ0v) is 21.9. The van der Waals surface area contributed by atoms with Gasteiger partial charge in [0.15, 0.2) is 0 Å². The number of nitrogens with one attached hydrogen (secondary N) is 2. The van der Waals surface area contributed by atoms with Gasteiger partial charge in [-0.3, -0.25) is 4.79 Å². The molecule has 2 heterocycles. The van der Waals surface area contributed by atoms with E-state index >= 15 is 0 Å². The first-order valence-corrected chi connectivity index (χ1v) is 12.7. The molecule has 190 valence electrons. The predicted molar refractivity (Wildman–Crippen MR) is 144 cm³/mol. The Balaban J connectivity index is 1.58. The molecule has 2 aromatic carbocycles. The van der Waals surface area contributed by atoms with Gasteiger partial charge in [0, 0.05) is 43.4 Å². The molecule has 0 unspecified atom stereocenters. The van der Waals surface area contributed by atoms with E-state index in [0.717, 1.165) is 32.4 Å². The van der Waals surface area contributed by atoms with Crippen LogP contribution in [0.4, 0.5) is 21.2 Å². The van der Waals surface area contributed by atoms with Crippen molar-refractivity contribution in [3.05, 3.63) is 70.1 Å². The third-order valence-electron chi connectivity index (χ3n) is 6.06. The van der Waals surface area contributed by atoms with Gasteiger partial charge >= 0.3 is 6.09 Å². The summed E-state index contributed by atoms with van der Waals surface area (Å²) in [6, 6.07) is 15.6. The second-order valence-electron chi connectivity index (χ2n) is 8.68. The first-order valence-electron chi connectivity index (χ1n) is 11.9. The van der Waals surface area contributed by atoms with Gasteiger partial charge in [-0.15, -0.1) is 11.3 Å². The summed E-state index contributed by atoms with van der Waals surface area (Å²) in [7, 11) is 5.63. The Morgan fingerprint density at radius 3 is 2.44 bits per heavy atom. The molecule has 2 amide bonds. The first kappa shape index (κ1) is 25.4. The highest BCUT2D eigenvalue weighted by Gasteiger charge is 2.30. The molecule has 8 nitrogen and oxygen atoms in total. The predicted octanol–water partition coefficient (Wildman–Crippen LogP) is 5.20. The van der Waals surface area contributed by atoms with E-state index in [1.807, 2.05) is 38.4 Å². The number of rotatable bonds is 8. The number of carbonyl (C=O) groups is 2. The molecule has 0 saturated carbocycles. The molecule has 0 bridgehead atoms. The number of methoxy groups -OCH3 is 1. The second-order valence-corrected chi connectivity index (χ2v) is 9.78. The molecule has 36 heavy (non-hydrogen) atoms. The highest BCUT2D eigenvalue weighted by Crippen LogP contribution is 2.38. The minimum absolute atomic E-state index is 0.173. The van der Waals surface area contributed by atoms with Crippen molar-refractivity contribution in [1.82, 2.24) is 4.90 Å². The van der Waals surface area contributed by atoms with Gasteiger partial charge in [0.05, 0.1) is 25.8 Å². The normalized spacial score (nSPS) is 12.5. The number of hydrogen-bond donors (Lipinski definition) is 2. The van der Waals surface area contributed by atoms with Crippen LogP contribution in [0, 0.1) is 0 Å². The zero-order valence-electron chi connectivity index (χ0n) is 21.1. The lowest BCUT2D eigenvalue weighted by atomic mass is 10.0. The summed E-state index contributed by atoms with van der Waals surface area (Å²) in [5.41, 5.74) is 4.55. The fourth-order valence-electron chi connectivity index (χ4n) is 4.10. The Bertz CT molecular complexity index is 1210. The summed E-state index contributed by atoms with van der Waals surface area (Å²) in [5.74, 6) is 0.551. The van der Waals surface area contributed by atoms with Crippen LogP contribution in [0.15, 0.2) is 48.5 Å². The van der Waals surface area contributed by atoms with Gasteiger partial charge in [0.1, 0.15) is 10.8 Å². The van der Waals surface area contributed by atoms with Crippen molar-refractivity contribution in [2.45, 2.75) is 26.4 Å². The van der Waals surface area contributed by atoms with Crippen molar-refractivity contribution in [1.29, 1.82) is 0 Å². The maximum absolute atomic E-state index is 13.5. The van der Waals surface area contributed by atoms with Crippen molar-refractivity contribution in [3.8, 4) is 5.75 Å². The molecule has 0 atom stereocenters. The fourth-order valence-corrected chi connectivity index (χ4v) is 5.36. The van der Waals surface area contributed by atoms with Crippen LogP contribution < -0.4 is 20.3 Å². The monoisotopic (exact) mass is 508 g/mol. The van der Waals surface area contributed by atoms with Crippen LogP contribution in [0.25, 0.3) is 0 Å². The largest absolute Gasteiger partial charge is 0.497 e. The van der Waals surface area contributed by atoms with Gasteiger partial charge < -0.3 is 29.9 Å². The van der Waals surface area contributed by atoms with E-state index in [2.05, 4.69) is 39.8 Å². The van der Waals surface area contributed by atoms with E-state index < -0.39 is 0 Å². The molecule has 4 rings (SSSR count). The number of thiophene rings is 1. The van der Waals surface area contributed by atoms with Gasteiger partial charge in [-0.25, -0.2) is 4.79 Å². The molecular formula is C27H32N4O4S. The summed E-state index contributed by atoms with van der Waals surface area (Å²) in [4.78, 5) is 30.5.